The minimum Gasteiger partial charge on any atom is -0.310 e. The first-order chi connectivity index (χ1) is 10.2. The normalized spacial score (nSPS) is 23.4. The van der Waals surface area contributed by atoms with Gasteiger partial charge in [-0.05, 0) is 87.5 Å². The summed E-state index contributed by atoms with van der Waals surface area (Å²) in [6.07, 6.45) is 6.52. The van der Waals surface area contributed by atoms with Gasteiger partial charge in [0.1, 0.15) is 0 Å². The average Bonchev–Trinajstić information content (AvgIpc) is 2.87. The third-order valence-corrected chi connectivity index (χ3v) is 5.59. The van der Waals surface area contributed by atoms with Crippen LogP contribution in [0.15, 0.2) is 22.7 Å². The monoisotopic (exact) mass is 350 g/mol. The van der Waals surface area contributed by atoms with Crippen molar-refractivity contribution in [2.24, 2.45) is 5.92 Å². The molecule has 21 heavy (non-hydrogen) atoms. The third-order valence-electron chi connectivity index (χ3n) is 5.10. The van der Waals surface area contributed by atoms with Crippen LogP contribution >= 0.6 is 15.9 Å². The van der Waals surface area contributed by atoms with Gasteiger partial charge in [0, 0.05) is 10.5 Å². The van der Waals surface area contributed by atoms with Crippen LogP contribution in [0, 0.1) is 5.92 Å². The fourth-order valence-electron chi connectivity index (χ4n) is 3.66. The number of likely N-dealkylation sites (tertiary alicyclic amines) is 1. The van der Waals surface area contributed by atoms with E-state index in [9.17, 15) is 0 Å². The number of halogens is 1. The van der Waals surface area contributed by atoms with Gasteiger partial charge in [0.15, 0.2) is 0 Å². The SMILES string of the molecule is CC1CCN(CCCNC2CCc3cc(Br)ccc32)CC1. The number of rotatable bonds is 5. The fraction of sp³-hybridized carbons (Fsp3) is 0.667. The van der Waals surface area contributed by atoms with E-state index in [0.717, 1.165) is 12.5 Å². The summed E-state index contributed by atoms with van der Waals surface area (Å²) in [5.74, 6) is 0.939. The zero-order chi connectivity index (χ0) is 14.7. The van der Waals surface area contributed by atoms with E-state index in [1.165, 1.54) is 67.3 Å². The van der Waals surface area contributed by atoms with Crippen LogP contribution in [0.1, 0.15) is 49.8 Å². The van der Waals surface area contributed by atoms with Crippen LogP contribution in [0.2, 0.25) is 0 Å². The molecule has 2 aliphatic rings. The van der Waals surface area contributed by atoms with E-state index in [4.69, 9.17) is 0 Å². The first kappa shape index (κ1) is 15.5. The summed E-state index contributed by atoms with van der Waals surface area (Å²) in [5.41, 5.74) is 3.04. The standard InChI is InChI=1S/C18H27BrN2/c1-14-7-11-21(12-8-14)10-2-9-20-18-6-3-15-13-16(19)4-5-17(15)18/h4-5,13-14,18,20H,2-3,6-12H2,1H3. The Kier molecular flexibility index (Phi) is 5.36. The zero-order valence-electron chi connectivity index (χ0n) is 13.1. The summed E-state index contributed by atoms with van der Waals surface area (Å²) in [6, 6.07) is 7.32. The number of fused-ring (bicyclic) bond motifs is 1. The first-order valence-corrected chi connectivity index (χ1v) is 9.26. The van der Waals surface area contributed by atoms with Crippen LogP contribution in [0.3, 0.4) is 0 Å². The van der Waals surface area contributed by atoms with E-state index in [2.05, 4.69) is 51.3 Å². The van der Waals surface area contributed by atoms with Crippen molar-refractivity contribution >= 4 is 15.9 Å². The lowest BCUT2D eigenvalue weighted by Gasteiger charge is -2.30. The largest absolute Gasteiger partial charge is 0.310 e. The molecule has 116 valence electrons. The Balaban J connectivity index is 1.39. The van der Waals surface area contributed by atoms with Gasteiger partial charge in [-0.25, -0.2) is 0 Å². The van der Waals surface area contributed by atoms with Gasteiger partial charge < -0.3 is 10.2 Å². The van der Waals surface area contributed by atoms with Crippen LogP contribution in [0.5, 0.6) is 0 Å². The van der Waals surface area contributed by atoms with Crippen LogP contribution in [-0.2, 0) is 6.42 Å². The van der Waals surface area contributed by atoms with Crippen molar-refractivity contribution in [2.75, 3.05) is 26.2 Å². The van der Waals surface area contributed by atoms with Crippen molar-refractivity contribution in [3.63, 3.8) is 0 Å². The molecular formula is C18H27BrN2. The second-order valence-electron chi connectivity index (χ2n) is 6.77. The van der Waals surface area contributed by atoms with Crippen molar-refractivity contribution in [1.29, 1.82) is 0 Å². The molecule has 0 bridgehead atoms. The minimum atomic E-state index is 0.578. The smallest absolute Gasteiger partial charge is 0.0326 e. The van der Waals surface area contributed by atoms with Crippen molar-refractivity contribution in [1.82, 2.24) is 10.2 Å². The Hall–Kier alpha value is -0.380. The first-order valence-electron chi connectivity index (χ1n) is 8.46. The van der Waals surface area contributed by atoms with E-state index >= 15 is 0 Å². The molecule has 0 radical (unpaired) electrons. The fourth-order valence-corrected chi connectivity index (χ4v) is 4.07. The van der Waals surface area contributed by atoms with Crippen molar-refractivity contribution in [3.8, 4) is 0 Å². The molecule has 1 fully saturated rings. The minimum absolute atomic E-state index is 0.578. The Morgan fingerprint density at radius 3 is 2.86 bits per heavy atom. The lowest BCUT2D eigenvalue weighted by Crippen LogP contribution is -2.35. The quantitative estimate of drug-likeness (QED) is 0.802. The van der Waals surface area contributed by atoms with Crippen LogP contribution in [-0.4, -0.2) is 31.1 Å². The molecule has 1 unspecified atom stereocenters. The van der Waals surface area contributed by atoms with Gasteiger partial charge in [0.2, 0.25) is 0 Å². The van der Waals surface area contributed by atoms with Crippen LogP contribution < -0.4 is 5.32 Å². The third kappa shape index (κ3) is 4.08. The highest BCUT2D eigenvalue weighted by molar-refractivity contribution is 9.10. The number of aryl methyl sites for hydroxylation is 1. The molecule has 3 heteroatoms. The Labute approximate surface area is 137 Å². The molecule has 0 amide bonds. The molecular weight excluding hydrogens is 324 g/mol. The summed E-state index contributed by atoms with van der Waals surface area (Å²) in [5, 5.41) is 3.76. The maximum Gasteiger partial charge on any atom is 0.0326 e. The summed E-state index contributed by atoms with van der Waals surface area (Å²) < 4.78 is 1.21. The van der Waals surface area contributed by atoms with Gasteiger partial charge in [-0.15, -0.1) is 0 Å². The van der Waals surface area contributed by atoms with E-state index < -0.39 is 0 Å². The molecule has 1 aliphatic carbocycles. The number of hydrogen-bond acceptors (Lipinski definition) is 2. The molecule has 0 aromatic heterocycles. The van der Waals surface area contributed by atoms with Gasteiger partial charge in [0.25, 0.3) is 0 Å². The summed E-state index contributed by atoms with van der Waals surface area (Å²) in [4.78, 5) is 2.64. The topological polar surface area (TPSA) is 15.3 Å². The van der Waals surface area contributed by atoms with Gasteiger partial charge >= 0.3 is 0 Å². The van der Waals surface area contributed by atoms with E-state index in [1.807, 2.05) is 0 Å². The molecule has 1 aliphatic heterocycles. The molecule has 3 rings (SSSR count). The molecule has 0 saturated carbocycles. The van der Waals surface area contributed by atoms with Crippen molar-refractivity contribution in [2.45, 2.75) is 45.1 Å². The molecule has 1 N–H and O–H groups in total. The highest BCUT2D eigenvalue weighted by Crippen LogP contribution is 2.32. The molecule has 1 heterocycles. The van der Waals surface area contributed by atoms with Crippen molar-refractivity contribution in [3.05, 3.63) is 33.8 Å². The number of hydrogen-bond donors (Lipinski definition) is 1. The van der Waals surface area contributed by atoms with Crippen molar-refractivity contribution < 1.29 is 0 Å². The van der Waals surface area contributed by atoms with Gasteiger partial charge in [-0.2, -0.15) is 0 Å². The average molecular weight is 351 g/mol. The van der Waals surface area contributed by atoms with E-state index in [0.29, 0.717) is 6.04 Å². The Morgan fingerprint density at radius 2 is 2.05 bits per heavy atom. The number of benzene rings is 1. The van der Waals surface area contributed by atoms with E-state index in [-0.39, 0.29) is 0 Å². The second-order valence-corrected chi connectivity index (χ2v) is 7.68. The maximum absolute atomic E-state index is 3.76. The lowest BCUT2D eigenvalue weighted by molar-refractivity contribution is 0.190. The van der Waals surface area contributed by atoms with Crippen LogP contribution in [0.4, 0.5) is 0 Å². The number of nitrogens with zero attached hydrogens (tertiary/aromatic N) is 1. The molecule has 1 aromatic rings. The van der Waals surface area contributed by atoms with E-state index in [1.54, 1.807) is 0 Å². The van der Waals surface area contributed by atoms with Gasteiger partial charge in [-0.1, -0.05) is 28.9 Å². The van der Waals surface area contributed by atoms with Gasteiger partial charge in [-0.3, -0.25) is 0 Å². The predicted octanol–water partition coefficient (Wildman–Crippen LogP) is 4.15. The number of piperidine rings is 1. The summed E-state index contributed by atoms with van der Waals surface area (Å²) in [6.45, 7) is 7.41. The zero-order valence-corrected chi connectivity index (χ0v) is 14.7. The predicted molar refractivity (Wildman–Crippen MR) is 92.7 cm³/mol. The highest BCUT2D eigenvalue weighted by atomic mass is 79.9. The summed E-state index contributed by atoms with van der Waals surface area (Å²) in [7, 11) is 0. The van der Waals surface area contributed by atoms with Gasteiger partial charge in [0.05, 0.1) is 0 Å². The maximum atomic E-state index is 3.76. The molecule has 0 spiro atoms. The highest BCUT2D eigenvalue weighted by Gasteiger charge is 2.22. The molecule has 1 aromatic carbocycles. The molecule has 2 nitrogen and oxygen atoms in total. The van der Waals surface area contributed by atoms with Crippen LogP contribution in [0.25, 0.3) is 0 Å². The molecule has 1 atom stereocenters. The number of nitrogens with one attached hydrogen (secondary N) is 1. The second kappa shape index (κ2) is 7.26. The Morgan fingerprint density at radius 1 is 1.24 bits per heavy atom. The Bertz CT molecular complexity index is 466. The summed E-state index contributed by atoms with van der Waals surface area (Å²) >= 11 is 3.57. The lowest BCUT2D eigenvalue weighted by atomic mass is 9.99. The molecule has 1 saturated heterocycles.